The van der Waals surface area contributed by atoms with Crippen LogP contribution in [0.3, 0.4) is 0 Å². The standard InChI is InChI=1S/C11H24O3/c1-4-5-11(2,10-12)6-7-14-9-8-13-3/h12H,4-10H2,1-3H3. The molecular weight excluding hydrogens is 180 g/mol. The Kier molecular flexibility index (Phi) is 8.14. The third-order valence-corrected chi connectivity index (χ3v) is 2.52. The lowest BCUT2D eigenvalue weighted by Gasteiger charge is -2.26. The molecule has 0 bridgehead atoms. The van der Waals surface area contributed by atoms with E-state index in [-0.39, 0.29) is 12.0 Å². The van der Waals surface area contributed by atoms with E-state index in [1.807, 2.05) is 0 Å². The molecule has 0 aromatic heterocycles. The minimum atomic E-state index is 0.0296. The van der Waals surface area contributed by atoms with Crippen molar-refractivity contribution in [2.45, 2.75) is 33.1 Å². The van der Waals surface area contributed by atoms with E-state index in [1.54, 1.807) is 7.11 Å². The Labute approximate surface area is 87.4 Å². The monoisotopic (exact) mass is 204 g/mol. The minimum Gasteiger partial charge on any atom is -0.396 e. The van der Waals surface area contributed by atoms with Crippen molar-refractivity contribution in [3.8, 4) is 0 Å². The zero-order chi connectivity index (χ0) is 10.9. The van der Waals surface area contributed by atoms with Crippen molar-refractivity contribution in [2.75, 3.05) is 33.5 Å². The number of methoxy groups -OCH3 is 1. The molecule has 0 aliphatic heterocycles. The van der Waals surface area contributed by atoms with Gasteiger partial charge in [0.1, 0.15) is 0 Å². The van der Waals surface area contributed by atoms with Crippen LogP contribution in [0.2, 0.25) is 0 Å². The first-order chi connectivity index (χ1) is 6.68. The maximum absolute atomic E-state index is 9.24. The van der Waals surface area contributed by atoms with Gasteiger partial charge in [0.15, 0.2) is 0 Å². The summed E-state index contributed by atoms with van der Waals surface area (Å²) in [5.74, 6) is 0. The van der Waals surface area contributed by atoms with Crippen LogP contribution in [0.1, 0.15) is 33.1 Å². The van der Waals surface area contributed by atoms with Crippen LogP contribution in [0.25, 0.3) is 0 Å². The molecule has 0 aromatic carbocycles. The van der Waals surface area contributed by atoms with Crippen LogP contribution in [0.5, 0.6) is 0 Å². The number of ether oxygens (including phenoxy) is 2. The second kappa shape index (κ2) is 8.21. The molecule has 0 fully saturated rings. The molecule has 0 radical (unpaired) electrons. The van der Waals surface area contributed by atoms with E-state index in [0.29, 0.717) is 19.8 Å². The lowest BCUT2D eigenvalue weighted by Crippen LogP contribution is -2.23. The third kappa shape index (κ3) is 6.35. The number of aliphatic hydroxyl groups excluding tert-OH is 1. The fourth-order valence-electron chi connectivity index (χ4n) is 1.45. The fourth-order valence-corrected chi connectivity index (χ4v) is 1.45. The van der Waals surface area contributed by atoms with Gasteiger partial charge in [-0.1, -0.05) is 20.3 Å². The van der Waals surface area contributed by atoms with E-state index in [4.69, 9.17) is 9.47 Å². The van der Waals surface area contributed by atoms with Gasteiger partial charge in [-0.3, -0.25) is 0 Å². The lowest BCUT2D eigenvalue weighted by molar-refractivity contribution is 0.0363. The van der Waals surface area contributed by atoms with Gasteiger partial charge in [0.2, 0.25) is 0 Å². The van der Waals surface area contributed by atoms with E-state index in [2.05, 4.69) is 13.8 Å². The molecule has 0 saturated heterocycles. The molecule has 1 unspecified atom stereocenters. The van der Waals surface area contributed by atoms with Gasteiger partial charge in [-0.15, -0.1) is 0 Å². The van der Waals surface area contributed by atoms with E-state index in [1.165, 1.54) is 0 Å². The summed E-state index contributed by atoms with van der Waals surface area (Å²) in [7, 11) is 1.66. The Morgan fingerprint density at radius 1 is 1.14 bits per heavy atom. The molecule has 14 heavy (non-hydrogen) atoms. The summed E-state index contributed by atoms with van der Waals surface area (Å²) in [4.78, 5) is 0. The van der Waals surface area contributed by atoms with Crippen molar-refractivity contribution in [1.29, 1.82) is 0 Å². The van der Waals surface area contributed by atoms with Gasteiger partial charge in [0.05, 0.1) is 13.2 Å². The zero-order valence-corrected chi connectivity index (χ0v) is 9.71. The largest absolute Gasteiger partial charge is 0.396 e. The average molecular weight is 204 g/mol. The Bertz CT molecular complexity index is 128. The summed E-state index contributed by atoms with van der Waals surface area (Å²) in [5.41, 5.74) is 0.0296. The molecule has 0 amide bonds. The summed E-state index contributed by atoms with van der Waals surface area (Å²) in [5, 5.41) is 9.24. The molecule has 1 atom stereocenters. The Hall–Kier alpha value is -0.120. The Morgan fingerprint density at radius 2 is 1.86 bits per heavy atom. The normalized spacial score (nSPS) is 15.4. The third-order valence-electron chi connectivity index (χ3n) is 2.52. The fraction of sp³-hybridized carbons (Fsp3) is 1.00. The van der Waals surface area contributed by atoms with E-state index < -0.39 is 0 Å². The van der Waals surface area contributed by atoms with Gasteiger partial charge >= 0.3 is 0 Å². The number of aliphatic hydroxyl groups is 1. The molecule has 3 heteroatoms. The van der Waals surface area contributed by atoms with Gasteiger partial charge in [-0.2, -0.15) is 0 Å². The molecule has 86 valence electrons. The maximum atomic E-state index is 9.24. The Balaban J connectivity index is 3.51. The lowest BCUT2D eigenvalue weighted by atomic mass is 9.83. The van der Waals surface area contributed by atoms with Crippen LogP contribution in [0, 0.1) is 5.41 Å². The highest BCUT2D eigenvalue weighted by molar-refractivity contribution is 4.72. The van der Waals surface area contributed by atoms with Crippen LogP contribution in [0.4, 0.5) is 0 Å². The highest BCUT2D eigenvalue weighted by Gasteiger charge is 2.21. The number of rotatable bonds is 9. The predicted octanol–water partition coefficient (Wildman–Crippen LogP) is 1.84. The van der Waals surface area contributed by atoms with Crippen molar-refractivity contribution in [2.24, 2.45) is 5.41 Å². The SMILES string of the molecule is CCCC(C)(CO)CCOCCOC. The summed E-state index contributed by atoms with van der Waals surface area (Å²) in [6.45, 7) is 6.48. The van der Waals surface area contributed by atoms with Gasteiger partial charge in [-0.25, -0.2) is 0 Å². The van der Waals surface area contributed by atoms with Crippen molar-refractivity contribution in [3.05, 3.63) is 0 Å². The summed E-state index contributed by atoms with van der Waals surface area (Å²) < 4.78 is 10.3. The first-order valence-electron chi connectivity index (χ1n) is 5.36. The second-order valence-electron chi connectivity index (χ2n) is 4.07. The van der Waals surface area contributed by atoms with Crippen molar-refractivity contribution in [3.63, 3.8) is 0 Å². The van der Waals surface area contributed by atoms with Gasteiger partial charge in [0, 0.05) is 20.3 Å². The van der Waals surface area contributed by atoms with Crippen LogP contribution >= 0.6 is 0 Å². The smallest absolute Gasteiger partial charge is 0.0700 e. The molecule has 0 heterocycles. The molecule has 0 saturated carbocycles. The molecule has 3 nitrogen and oxygen atoms in total. The summed E-state index contributed by atoms with van der Waals surface area (Å²) in [6, 6.07) is 0. The molecule has 1 N–H and O–H groups in total. The van der Waals surface area contributed by atoms with Crippen LogP contribution in [-0.2, 0) is 9.47 Å². The molecule has 0 aromatic rings. The molecule has 0 spiro atoms. The van der Waals surface area contributed by atoms with E-state index in [0.717, 1.165) is 19.3 Å². The van der Waals surface area contributed by atoms with Crippen LogP contribution < -0.4 is 0 Å². The summed E-state index contributed by atoms with van der Waals surface area (Å²) >= 11 is 0. The molecule has 0 aliphatic carbocycles. The highest BCUT2D eigenvalue weighted by atomic mass is 16.5. The highest BCUT2D eigenvalue weighted by Crippen LogP contribution is 2.26. The van der Waals surface area contributed by atoms with Gasteiger partial charge < -0.3 is 14.6 Å². The number of hydrogen-bond donors (Lipinski definition) is 1. The zero-order valence-electron chi connectivity index (χ0n) is 9.71. The minimum absolute atomic E-state index is 0.0296. The first kappa shape index (κ1) is 13.9. The van der Waals surface area contributed by atoms with Crippen molar-refractivity contribution < 1.29 is 14.6 Å². The predicted molar refractivity (Wildman–Crippen MR) is 57.4 cm³/mol. The number of hydrogen-bond acceptors (Lipinski definition) is 3. The van der Waals surface area contributed by atoms with Gasteiger partial charge in [-0.05, 0) is 18.3 Å². The van der Waals surface area contributed by atoms with Crippen molar-refractivity contribution >= 4 is 0 Å². The maximum Gasteiger partial charge on any atom is 0.0700 e. The molecular formula is C11H24O3. The van der Waals surface area contributed by atoms with Crippen molar-refractivity contribution in [1.82, 2.24) is 0 Å². The average Bonchev–Trinajstić information content (AvgIpc) is 2.18. The topological polar surface area (TPSA) is 38.7 Å². The first-order valence-corrected chi connectivity index (χ1v) is 5.36. The molecule has 0 rings (SSSR count). The van der Waals surface area contributed by atoms with Gasteiger partial charge in [0.25, 0.3) is 0 Å². The Morgan fingerprint density at radius 3 is 2.36 bits per heavy atom. The quantitative estimate of drug-likeness (QED) is 0.582. The van der Waals surface area contributed by atoms with E-state index in [9.17, 15) is 5.11 Å². The van der Waals surface area contributed by atoms with Crippen LogP contribution in [-0.4, -0.2) is 38.6 Å². The second-order valence-corrected chi connectivity index (χ2v) is 4.07. The summed E-state index contributed by atoms with van der Waals surface area (Å²) in [6.07, 6.45) is 3.08. The van der Waals surface area contributed by atoms with Crippen LogP contribution in [0.15, 0.2) is 0 Å². The molecule has 0 aliphatic rings. The van der Waals surface area contributed by atoms with E-state index >= 15 is 0 Å².